The van der Waals surface area contributed by atoms with Crippen LogP contribution in [0.25, 0.3) is 0 Å². The minimum Gasteiger partial charge on any atom is -0.463 e. The van der Waals surface area contributed by atoms with Crippen LogP contribution in [0.15, 0.2) is 51.6 Å². The van der Waals surface area contributed by atoms with E-state index in [1.807, 2.05) is 17.2 Å². The van der Waals surface area contributed by atoms with Crippen molar-refractivity contribution in [2.24, 2.45) is 4.99 Å². The molecule has 0 radical (unpaired) electrons. The number of allylic oxidation sites excluding steroid dienone is 1. The number of rotatable bonds is 9. The molecule has 188 valence electrons. The summed E-state index contributed by atoms with van der Waals surface area (Å²) in [6.45, 7) is 12.0. The number of amides is 1. The Hall–Kier alpha value is -2.58. The minimum atomic E-state index is -0.388. The minimum absolute atomic E-state index is 0.0184. The molecule has 3 aliphatic heterocycles. The highest BCUT2D eigenvalue weighted by atomic mass is 32.2. The molecule has 8 heteroatoms. The standard InChI is InChI=1S/C27H36N4O3S/c1-5-34-26(33)24-19(4)29-27-31(25(24)21-10-8-20(9-11-21)18(2)3)22(17-35-27)16-23(32)28-12-15-30-13-6-7-14-30/h8-11,17-18,25H,5-7,12-16H2,1-4H3,(H,28,32). The number of hydrogen-bond donors (Lipinski definition) is 1. The number of nitrogens with one attached hydrogen (secondary N) is 1. The molecule has 35 heavy (non-hydrogen) atoms. The van der Waals surface area contributed by atoms with E-state index in [9.17, 15) is 9.59 Å². The van der Waals surface area contributed by atoms with Gasteiger partial charge in [-0.2, -0.15) is 0 Å². The summed E-state index contributed by atoms with van der Waals surface area (Å²) in [7, 11) is 0. The van der Waals surface area contributed by atoms with Crippen molar-refractivity contribution in [2.75, 3.05) is 32.8 Å². The number of ether oxygens (including phenoxy) is 1. The van der Waals surface area contributed by atoms with Crippen LogP contribution in [0.1, 0.15) is 70.0 Å². The van der Waals surface area contributed by atoms with E-state index >= 15 is 0 Å². The molecule has 1 amide bonds. The molecule has 4 rings (SSSR count). The molecule has 1 fully saturated rings. The predicted molar refractivity (Wildman–Crippen MR) is 141 cm³/mol. The van der Waals surface area contributed by atoms with E-state index in [0.717, 1.165) is 36.1 Å². The van der Waals surface area contributed by atoms with Crippen LogP contribution in [-0.4, -0.2) is 59.6 Å². The summed E-state index contributed by atoms with van der Waals surface area (Å²) in [5.74, 6) is 0.0311. The molecule has 1 aromatic carbocycles. The number of thioether (sulfide) groups is 1. The average Bonchev–Trinajstić information content (AvgIpc) is 3.48. The van der Waals surface area contributed by atoms with Crippen LogP contribution in [0.4, 0.5) is 0 Å². The predicted octanol–water partition coefficient (Wildman–Crippen LogP) is 4.55. The normalized spacial score (nSPS) is 20.1. The van der Waals surface area contributed by atoms with Gasteiger partial charge in [-0.25, -0.2) is 9.79 Å². The summed E-state index contributed by atoms with van der Waals surface area (Å²) >= 11 is 1.50. The molecule has 3 aliphatic rings. The Balaban J connectivity index is 1.56. The van der Waals surface area contributed by atoms with Crippen molar-refractivity contribution in [2.45, 2.75) is 58.9 Å². The van der Waals surface area contributed by atoms with Crippen LogP contribution in [0.3, 0.4) is 0 Å². The summed E-state index contributed by atoms with van der Waals surface area (Å²) in [4.78, 5) is 35.0. The van der Waals surface area contributed by atoms with Gasteiger partial charge in [-0.1, -0.05) is 49.9 Å². The number of esters is 1. The van der Waals surface area contributed by atoms with Crippen molar-refractivity contribution in [3.8, 4) is 0 Å². The molecule has 1 saturated heterocycles. The third kappa shape index (κ3) is 5.81. The molecule has 0 spiro atoms. The highest BCUT2D eigenvalue weighted by Gasteiger charge is 2.41. The molecule has 0 bridgehead atoms. The van der Waals surface area contributed by atoms with E-state index in [4.69, 9.17) is 9.73 Å². The van der Waals surface area contributed by atoms with Gasteiger partial charge in [0, 0.05) is 18.8 Å². The van der Waals surface area contributed by atoms with Gasteiger partial charge in [0.15, 0.2) is 5.17 Å². The first kappa shape index (κ1) is 25.5. The Kier molecular flexibility index (Phi) is 8.34. The second-order valence-corrected chi connectivity index (χ2v) is 10.3. The number of fused-ring (bicyclic) bond motifs is 1. The molecule has 1 atom stereocenters. The van der Waals surface area contributed by atoms with E-state index in [-0.39, 0.29) is 24.3 Å². The number of carbonyl (C=O) groups excluding carboxylic acids is 2. The van der Waals surface area contributed by atoms with Crippen molar-refractivity contribution in [3.05, 3.63) is 57.8 Å². The fourth-order valence-corrected chi connectivity index (χ4v) is 5.77. The quantitative estimate of drug-likeness (QED) is 0.506. The molecular weight excluding hydrogens is 460 g/mol. The molecule has 0 aromatic heterocycles. The Morgan fingerprint density at radius 1 is 1.20 bits per heavy atom. The highest BCUT2D eigenvalue weighted by Crippen LogP contribution is 2.45. The van der Waals surface area contributed by atoms with Crippen LogP contribution in [-0.2, 0) is 14.3 Å². The Bertz CT molecular complexity index is 1040. The maximum absolute atomic E-state index is 13.1. The molecule has 1 unspecified atom stereocenters. The third-order valence-corrected chi connectivity index (χ3v) is 7.59. The van der Waals surface area contributed by atoms with Gasteiger partial charge in [0.1, 0.15) is 0 Å². The van der Waals surface area contributed by atoms with E-state index < -0.39 is 0 Å². The number of amidine groups is 1. The molecule has 0 aliphatic carbocycles. The summed E-state index contributed by atoms with van der Waals surface area (Å²) in [6.07, 6.45) is 2.72. The first-order valence-electron chi connectivity index (χ1n) is 12.6. The smallest absolute Gasteiger partial charge is 0.338 e. The zero-order valence-electron chi connectivity index (χ0n) is 21.2. The largest absolute Gasteiger partial charge is 0.463 e. The lowest BCUT2D eigenvalue weighted by Gasteiger charge is -2.36. The SMILES string of the molecule is CCOC(=O)C1=C(C)N=C2SC=C(CC(=O)NCCN3CCCC3)N2C1c1ccc(C(C)C)cc1. The van der Waals surface area contributed by atoms with Crippen LogP contribution >= 0.6 is 11.8 Å². The van der Waals surface area contributed by atoms with Gasteiger partial charge in [-0.15, -0.1) is 0 Å². The van der Waals surface area contributed by atoms with Crippen molar-refractivity contribution >= 4 is 28.8 Å². The summed E-state index contributed by atoms with van der Waals surface area (Å²) in [6, 6.07) is 7.99. The lowest BCUT2D eigenvalue weighted by Crippen LogP contribution is -2.39. The zero-order valence-corrected chi connectivity index (χ0v) is 22.0. The molecule has 0 saturated carbocycles. The molecule has 3 heterocycles. The van der Waals surface area contributed by atoms with Crippen molar-refractivity contribution in [1.29, 1.82) is 0 Å². The van der Waals surface area contributed by atoms with Crippen molar-refractivity contribution in [1.82, 2.24) is 15.1 Å². The highest BCUT2D eigenvalue weighted by molar-refractivity contribution is 8.16. The fraction of sp³-hybridized carbons (Fsp3) is 0.519. The summed E-state index contributed by atoms with van der Waals surface area (Å²) < 4.78 is 5.43. The van der Waals surface area contributed by atoms with E-state index in [0.29, 0.717) is 30.3 Å². The Morgan fingerprint density at radius 3 is 2.57 bits per heavy atom. The Morgan fingerprint density at radius 2 is 1.91 bits per heavy atom. The average molecular weight is 497 g/mol. The topological polar surface area (TPSA) is 74.2 Å². The van der Waals surface area contributed by atoms with E-state index in [1.54, 1.807) is 6.92 Å². The van der Waals surface area contributed by atoms with Gasteiger partial charge >= 0.3 is 5.97 Å². The monoisotopic (exact) mass is 496 g/mol. The Labute approximate surface area is 212 Å². The number of benzene rings is 1. The molecule has 1 N–H and O–H groups in total. The summed E-state index contributed by atoms with van der Waals surface area (Å²) in [5, 5.41) is 5.84. The lowest BCUT2D eigenvalue weighted by atomic mass is 9.92. The number of likely N-dealkylation sites (tertiary alicyclic amines) is 1. The van der Waals surface area contributed by atoms with Gasteiger partial charge < -0.3 is 19.9 Å². The van der Waals surface area contributed by atoms with E-state index in [2.05, 4.69) is 48.3 Å². The van der Waals surface area contributed by atoms with Crippen LogP contribution in [0.5, 0.6) is 0 Å². The second kappa shape index (κ2) is 11.4. The van der Waals surface area contributed by atoms with Crippen LogP contribution < -0.4 is 5.32 Å². The van der Waals surface area contributed by atoms with Crippen LogP contribution in [0.2, 0.25) is 0 Å². The van der Waals surface area contributed by atoms with Gasteiger partial charge in [-0.3, -0.25) is 4.79 Å². The molecule has 1 aromatic rings. The van der Waals surface area contributed by atoms with E-state index in [1.165, 1.54) is 30.2 Å². The lowest BCUT2D eigenvalue weighted by molar-refractivity contribution is -0.139. The number of hydrogen-bond acceptors (Lipinski definition) is 7. The van der Waals surface area contributed by atoms with Gasteiger partial charge in [0.2, 0.25) is 5.91 Å². The van der Waals surface area contributed by atoms with Gasteiger partial charge in [0.05, 0.1) is 30.3 Å². The van der Waals surface area contributed by atoms with Crippen molar-refractivity contribution in [3.63, 3.8) is 0 Å². The second-order valence-electron chi connectivity index (χ2n) is 9.51. The summed E-state index contributed by atoms with van der Waals surface area (Å²) in [5.41, 5.74) is 4.24. The van der Waals surface area contributed by atoms with Gasteiger partial charge in [0.25, 0.3) is 0 Å². The zero-order chi connectivity index (χ0) is 24.9. The fourth-order valence-electron chi connectivity index (χ4n) is 4.80. The van der Waals surface area contributed by atoms with Crippen molar-refractivity contribution < 1.29 is 14.3 Å². The molecule has 7 nitrogen and oxygen atoms in total. The number of nitrogens with zero attached hydrogens (tertiary/aromatic N) is 3. The third-order valence-electron chi connectivity index (χ3n) is 6.71. The molecular formula is C27H36N4O3S. The maximum Gasteiger partial charge on any atom is 0.338 e. The number of carbonyl (C=O) groups is 2. The van der Waals surface area contributed by atoms with Gasteiger partial charge in [-0.05, 0) is 62.2 Å². The first-order valence-corrected chi connectivity index (χ1v) is 13.5. The first-order chi connectivity index (χ1) is 16.9. The maximum atomic E-state index is 13.1. The van der Waals surface area contributed by atoms with Crippen LogP contribution in [0, 0.1) is 0 Å². The number of aliphatic imine (C=N–C) groups is 1.